The largest absolute Gasteiger partial charge is 0.336 e. The molecule has 0 atom stereocenters. The van der Waals surface area contributed by atoms with Gasteiger partial charge in [0.1, 0.15) is 25.5 Å². The first kappa shape index (κ1) is 23.7. The molecular formula is C31H26N3OS3+. The van der Waals surface area contributed by atoms with Crippen LogP contribution in [-0.4, -0.2) is 11.6 Å². The molecule has 0 saturated heterocycles. The zero-order chi connectivity index (χ0) is 26.0. The van der Waals surface area contributed by atoms with Crippen molar-refractivity contribution in [3.05, 3.63) is 97.4 Å². The van der Waals surface area contributed by atoms with Crippen molar-refractivity contribution in [1.29, 1.82) is 0 Å². The highest BCUT2D eigenvalue weighted by Gasteiger charge is 2.27. The summed E-state index contributed by atoms with van der Waals surface area (Å²) in [5.41, 5.74) is 2.52. The Balaban J connectivity index is 1.45. The van der Waals surface area contributed by atoms with Gasteiger partial charge in [0.05, 0.1) is 11.8 Å². The molecule has 7 heteroatoms. The summed E-state index contributed by atoms with van der Waals surface area (Å²) in [5, 5.41) is 7.15. The minimum atomic E-state index is 0.0878. The lowest BCUT2D eigenvalue weighted by atomic mass is 10.1. The van der Waals surface area contributed by atoms with Gasteiger partial charge in [0.25, 0.3) is 10.6 Å². The Labute approximate surface area is 232 Å². The van der Waals surface area contributed by atoms with Crippen molar-refractivity contribution in [2.45, 2.75) is 31.8 Å². The maximum atomic E-state index is 13.7. The number of benzene rings is 4. The van der Waals surface area contributed by atoms with Crippen LogP contribution in [0.5, 0.6) is 0 Å². The van der Waals surface area contributed by atoms with Gasteiger partial charge in [0.15, 0.2) is 0 Å². The van der Waals surface area contributed by atoms with E-state index in [2.05, 4.69) is 109 Å². The van der Waals surface area contributed by atoms with Crippen LogP contribution in [0.15, 0.2) is 82.5 Å². The van der Waals surface area contributed by atoms with E-state index in [4.69, 9.17) is 0 Å². The lowest BCUT2D eigenvalue weighted by Crippen LogP contribution is -2.35. The summed E-state index contributed by atoms with van der Waals surface area (Å²) in [4.78, 5) is 17.2. The maximum absolute atomic E-state index is 13.7. The molecule has 0 aliphatic carbocycles. The van der Waals surface area contributed by atoms with E-state index in [-0.39, 0.29) is 5.56 Å². The fraction of sp³-hybridized carbons (Fsp3) is 0.161. The SMILES string of the molecule is CCn1c(=O)/c(=C2/Sc3ccc4ccccc4c3N2C)s/c1=C/c1sc2c3ccccc3ccc2[n+]1CC. The third-order valence-electron chi connectivity index (χ3n) is 7.32. The fourth-order valence-electron chi connectivity index (χ4n) is 5.47. The number of anilines is 1. The number of hydrogen-bond acceptors (Lipinski definition) is 5. The first-order valence-corrected chi connectivity index (χ1v) is 15.3. The molecule has 3 heterocycles. The topological polar surface area (TPSA) is 29.1 Å². The molecule has 0 radical (unpaired) electrons. The van der Waals surface area contributed by atoms with Crippen LogP contribution in [0.3, 0.4) is 0 Å². The van der Waals surface area contributed by atoms with Gasteiger partial charge in [-0.2, -0.15) is 4.57 Å². The summed E-state index contributed by atoms with van der Waals surface area (Å²) >= 11 is 5.11. The molecule has 0 N–H and O–H groups in total. The normalized spacial score (nSPS) is 15.3. The minimum Gasteiger partial charge on any atom is -0.336 e. The van der Waals surface area contributed by atoms with E-state index < -0.39 is 0 Å². The average molecular weight is 553 g/mol. The predicted octanol–water partition coefficient (Wildman–Crippen LogP) is 5.89. The second kappa shape index (κ2) is 9.12. The third-order valence-corrected chi connectivity index (χ3v) is 11.0. The predicted molar refractivity (Wildman–Crippen MR) is 164 cm³/mol. The molecule has 4 nitrogen and oxygen atoms in total. The number of thiazole rings is 2. The van der Waals surface area contributed by atoms with Crippen molar-refractivity contribution in [3.63, 3.8) is 0 Å². The zero-order valence-electron chi connectivity index (χ0n) is 21.4. The van der Waals surface area contributed by atoms with Crippen LogP contribution < -0.4 is 24.2 Å². The Kier molecular flexibility index (Phi) is 5.69. The first-order chi connectivity index (χ1) is 18.6. The molecule has 0 bridgehead atoms. The highest BCUT2D eigenvalue weighted by atomic mass is 32.2. The Bertz CT molecular complexity index is 2080. The van der Waals surface area contributed by atoms with E-state index >= 15 is 0 Å². The fourth-order valence-corrected chi connectivity index (χ4v) is 9.31. The number of nitrogens with zero attached hydrogens (tertiary/aromatic N) is 3. The van der Waals surface area contributed by atoms with Gasteiger partial charge in [-0.25, -0.2) is 0 Å². The van der Waals surface area contributed by atoms with Gasteiger partial charge in [-0.3, -0.25) is 9.36 Å². The van der Waals surface area contributed by atoms with Gasteiger partial charge in [-0.05, 0) is 36.8 Å². The molecule has 0 unspecified atom stereocenters. The lowest BCUT2D eigenvalue weighted by molar-refractivity contribution is -0.665. The van der Waals surface area contributed by atoms with Gasteiger partial charge < -0.3 is 4.90 Å². The van der Waals surface area contributed by atoms with Gasteiger partial charge in [0, 0.05) is 35.3 Å². The van der Waals surface area contributed by atoms with Crippen LogP contribution in [0.1, 0.15) is 18.9 Å². The smallest absolute Gasteiger partial charge is 0.271 e. The van der Waals surface area contributed by atoms with E-state index in [9.17, 15) is 4.79 Å². The summed E-state index contributed by atoms with van der Waals surface area (Å²) in [7, 11) is 2.08. The van der Waals surface area contributed by atoms with Crippen LogP contribution in [0.25, 0.3) is 42.9 Å². The molecule has 0 fully saturated rings. The van der Waals surface area contributed by atoms with Crippen LogP contribution in [0, 0.1) is 0 Å². The molecule has 0 amide bonds. The molecule has 0 saturated carbocycles. The van der Waals surface area contributed by atoms with Gasteiger partial charge in [0.2, 0.25) is 5.52 Å². The lowest BCUT2D eigenvalue weighted by Gasteiger charge is -2.15. The van der Waals surface area contributed by atoms with E-state index in [0.29, 0.717) is 6.54 Å². The van der Waals surface area contributed by atoms with Crippen LogP contribution in [0.4, 0.5) is 5.69 Å². The Morgan fingerprint density at radius 2 is 1.58 bits per heavy atom. The number of thioether (sulfide) groups is 1. The molecule has 38 heavy (non-hydrogen) atoms. The molecule has 1 aliphatic heterocycles. The first-order valence-electron chi connectivity index (χ1n) is 12.8. The van der Waals surface area contributed by atoms with Crippen molar-refractivity contribution in [3.8, 4) is 0 Å². The van der Waals surface area contributed by atoms with Crippen molar-refractivity contribution < 1.29 is 4.57 Å². The number of aromatic nitrogens is 2. The summed E-state index contributed by atoms with van der Waals surface area (Å²) in [6.45, 7) is 5.75. The summed E-state index contributed by atoms with van der Waals surface area (Å²) in [5.74, 6) is 0. The van der Waals surface area contributed by atoms with Crippen molar-refractivity contribution in [1.82, 2.24) is 4.57 Å². The Hall–Kier alpha value is -3.39. The Morgan fingerprint density at radius 1 is 0.868 bits per heavy atom. The van der Waals surface area contributed by atoms with Gasteiger partial charge >= 0.3 is 0 Å². The zero-order valence-corrected chi connectivity index (χ0v) is 23.8. The van der Waals surface area contributed by atoms with E-state index in [1.165, 1.54) is 47.4 Å². The summed E-state index contributed by atoms with van der Waals surface area (Å²) in [6, 6.07) is 25.8. The number of rotatable bonds is 3. The molecule has 1 aliphatic rings. The number of aryl methyl sites for hydroxylation is 1. The monoisotopic (exact) mass is 552 g/mol. The quantitative estimate of drug-likeness (QED) is 0.256. The standard InChI is InChI=1S/C31H26N3OS3/c1-4-33-23-16-14-20-11-7-9-13-22(20)28(23)37-25(33)18-26-34(5-2)30(35)29(38-26)31-32(3)27-21-12-8-6-10-19(21)15-17-24(27)36-31/h6-18H,4-5H2,1-3H3/q+1/b31-29-. The van der Waals surface area contributed by atoms with E-state index in [1.807, 2.05) is 15.9 Å². The minimum absolute atomic E-state index is 0.0878. The van der Waals surface area contributed by atoms with Crippen molar-refractivity contribution in [2.75, 3.05) is 11.9 Å². The maximum Gasteiger partial charge on any atom is 0.271 e. The number of hydrogen-bond donors (Lipinski definition) is 0. The van der Waals surface area contributed by atoms with Gasteiger partial charge in [-0.1, -0.05) is 77.7 Å². The molecular weight excluding hydrogens is 527 g/mol. The second-order valence-electron chi connectivity index (χ2n) is 9.38. The highest BCUT2D eigenvalue weighted by Crippen LogP contribution is 2.48. The van der Waals surface area contributed by atoms with E-state index in [1.54, 1.807) is 23.1 Å². The number of fused-ring (bicyclic) bond motifs is 6. The van der Waals surface area contributed by atoms with Crippen LogP contribution >= 0.6 is 34.4 Å². The summed E-state index contributed by atoms with van der Waals surface area (Å²) < 4.78 is 7.38. The van der Waals surface area contributed by atoms with Crippen molar-refractivity contribution in [2.24, 2.45) is 0 Å². The molecule has 2 aromatic heterocycles. The van der Waals surface area contributed by atoms with Crippen LogP contribution in [0.2, 0.25) is 0 Å². The third kappa shape index (κ3) is 3.49. The van der Waals surface area contributed by atoms with Crippen molar-refractivity contribution >= 4 is 83.0 Å². The molecule has 188 valence electrons. The highest BCUT2D eigenvalue weighted by molar-refractivity contribution is 8.08. The molecule has 7 rings (SSSR count). The molecule has 4 aromatic carbocycles. The second-order valence-corrected chi connectivity index (χ2v) is 12.5. The van der Waals surface area contributed by atoms with Gasteiger partial charge in [-0.15, -0.1) is 11.3 Å². The van der Waals surface area contributed by atoms with E-state index in [0.717, 1.165) is 20.8 Å². The molecule has 6 aromatic rings. The summed E-state index contributed by atoms with van der Waals surface area (Å²) in [6.07, 6.45) is 2.21. The van der Waals surface area contributed by atoms with Crippen LogP contribution in [-0.2, 0) is 13.1 Å². The molecule has 0 spiro atoms. The Morgan fingerprint density at radius 3 is 2.34 bits per heavy atom. The average Bonchev–Trinajstić information content (AvgIpc) is 3.58.